The summed E-state index contributed by atoms with van der Waals surface area (Å²) in [6.45, 7) is 87.3. The summed E-state index contributed by atoms with van der Waals surface area (Å²) in [5.41, 5.74) is 42.4. The molecule has 0 fully saturated rings. The lowest BCUT2D eigenvalue weighted by Crippen LogP contribution is -2.49. The van der Waals surface area contributed by atoms with E-state index in [0.29, 0.717) is 39.6 Å². The standard InChI is InChI=1S/C14H34O7Si4.C14H34O5Si4.C14H32O3Si2.2C11H26O3Si2.C10H24O2Si2.C8H20O3Si2.C8H20O2Si2/c1-18-25(19-2,20-3)11-9-23(6,7)21-22(4,5)8-10-24(12-15,13-16)14-17;1-17-23(8,18-2)12-10-21(5,6)19-20(3,4)9-11-22(7,13-15)14-16;1-7-15-19(16-8-2,17-9-3)14-13-18(10-4,11-5)12-6;1-7-12-16(13-8-2,14-9-3)11-10-15(4,5)6;1-7-15(8-2,9-3)10-11-16(12-4,13-5)14-6;1-7-11-14(6,12-8-2)10-9-13(3,4)5;1-9-13(10-2,11-3)8-7-12(4,5)6;1-9-12(6,10-2)8-7-11(3,4)5/h8-11,15-17H,12-14H2,1-7H3;9-12,15-16H,13-14H2,1-8H3;13-14H,7-12H2,1-6H3;2*10-11H,7-9H2,1-6H3;9-10H,7-8H2,1-6H3;7-8H,1-6H3;7-8H,1-6H3/b10-8+,11-9+;11-9+,12-10+;14-13+;2*11-10+;10-9+;2*8-7+. The smallest absolute Gasteiger partial charge is 0.449 e. The van der Waals surface area contributed by atoms with E-state index >= 15 is 0 Å². The van der Waals surface area contributed by atoms with Crippen molar-refractivity contribution in [3.05, 3.63) is 114 Å². The van der Waals surface area contributed by atoms with Gasteiger partial charge in [-0.15, -0.1) is 0 Å². The number of hydrogen-bond donors (Lipinski definition) is 5. The van der Waals surface area contributed by atoms with Crippen LogP contribution in [0.1, 0.15) is 96.9 Å². The minimum absolute atomic E-state index is 0.0524. The van der Waals surface area contributed by atoms with Gasteiger partial charge in [0.2, 0.25) is 0 Å². The molecule has 0 aliphatic carbocycles. The van der Waals surface area contributed by atoms with E-state index in [0.717, 1.165) is 13.2 Å². The lowest BCUT2D eigenvalue weighted by atomic mass is 10.9. The molecule has 0 aromatic carbocycles. The maximum Gasteiger partial charge on any atom is 0.528 e. The van der Waals surface area contributed by atoms with E-state index in [1.54, 1.807) is 92.4 Å². The normalized spacial score (nSPS) is 14.1. The zero-order valence-corrected chi connectivity index (χ0v) is 118. The molecule has 138 heavy (non-hydrogen) atoms. The zero-order chi connectivity index (χ0) is 110. The van der Waals surface area contributed by atoms with Gasteiger partial charge in [-0.3, -0.25) is 0 Å². The topological polar surface area (TPSA) is 313 Å². The average molecular weight is 2310 g/mol. The van der Waals surface area contributed by atoms with Crippen molar-refractivity contribution in [2.45, 2.75) is 290 Å². The quantitative estimate of drug-likeness (QED) is 0.0353. The first kappa shape index (κ1) is 154. The molecular weight excluding hydrogens is 2090 g/mol. The van der Waals surface area contributed by atoms with Gasteiger partial charge >= 0.3 is 69.7 Å². The Hall–Kier alpha value is 0.618. The van der Waals surface area contributed by atoms with Crippen LogP contribution in [0.5, 0.6) is 0 Å². The molecule has 48 heteroatoms. The molecule has 0 unspecified atom stereocenters. The van der Waals surface area contributed by atoms with Gasteiger partial charge in [-0.2, -0.15) is 0 Å². The van der Waals surface area contributed by atoms with E-state index in [1.165, 1.54) is 36.3 Å². The Bertz CT molecular complexity index is 3110. The van der Waals surface area contributed by atoms with Gasteiger partial charge in [0, 0.05) is 176 Å². The maximum absolute atomic E-state index is 9.49. The molecule has 0 radical (unpaired) electrons. The van der Waals surface area contributed by atoms with Crippen LogP contribution in [0.25, 0.3) is 0 Å². The van der Waals surface area contributed by atoms with Crippen LogP contribution in [0.15, 0.2) is 114 Å². The molecule has 5 N–H and O–H groups in total. The molecule has 0 aromatic heterocycles. The fourth-order valence-electron chi connectivity index (χ4n) is 11.9. The van der Waals surface area contributed by atoms with Crippen LogP contribution in [0.4, 0.5) is 0 Å². The Labute approximate surface area is 868 Å². The molecule has 824 valence electrons. The van der Waals surface area contributed by atoms with E-state index in [4.69, 9.17) is 101 Å². The summed E-state index contributed by atoms with van der Waals surface area (Å²) in [5, 5.41) is 47.3. The van der Waals surface area contributed by atoms with Gasteiger partial charge in [-0.05, 0) is 162 Å². The SMILES string of the molecule is CCO[Si](/C=C/[Si](C)(C)C)(OCC)OCC.CCO[Si](/C=C/[Si](CC)(CC)CC)(OCC)OCC.CCO[Si](C)(/C=C/[Si](C)(C)C)OCC.CC[Si](/C=C/[Si](OC)(OC)OC)(CC)CC.CO[Si](/C=C/[Si](C)(C)C)(OC)OC.CO[Si](/C=C/[Si](C)(C)O[Si](C)(C)/C=C/[Si](CO)(CO)CO)(OC)OC.CO[Si](C)(/C=C/[Si](C)(C)C)OC.CO[Si](C)(/C=C/[Si](C)(C)O[Si](C)(C)/C=C/[Si](C)(CO)CO)OC. The second-order valence-corrected chi connectivity index (χ2v) is 117. The van der Waals surface area contributed by atoms with Crippen LogP contribution in [-0.2, 0) is 101 Å². The highest BCUT2D eigenvalue weighted by Gasteiger charge is 2.44. The fraction of sp³-hybridized carbons (Fsp3) is 0.778. The van der Waals surface area contributed by atoms with E-state index < -0.39 is 168 Å². The average Bonchev–Trinajstić information content (AvgIpc) is 0.820. The Morgan fingerprint density at radius 3 is 0.543 bits per heavy atom. The molecule has 0 atom stereocenters. The minimum Gasteiger partial charge on any atom is -0.449 e. The molecule has 0 saturated carbocycles. The first-order valence-corrected chi connectivity index (χ1v) is 103. The first-order chi connectivity index (χ1) is 63.4. The Kier molecular flexibility index (Phi) is 85.9. The summed E-state index contributed by atoms with van der Waals surface area (Å²) in [5.74, 6) is 0. The maximum atomic E-state index is 9.49. The minimum atomic E-state index is -2.79. The number of aliphatic hydroxyl groups excluding tert-OH is 5. The van der Waals surface area contributed by atoms with Crippen LogP contribution >= 0.6 is 0 Å². The van der Waals surface area contributed by atoms with Crippen molar-refractivity contribution in [2.24, 2.45) is 0 Å². The Morgan fingerprint density at radius 1 is 0.167 bits per heavy atom. The molecule has 0 heterocycles. The van der Waals surface area contributed by atoms with Crippen molar-refractivity contribution in [3.8, 4) is 0 Å². The lowest BCUT2D eigenvalue weighted by molar-refractivity contribution is 0.0835. The highest BCUT2D eigenvalue weighted by atomic mass is 28.4. The predicted molar refractivity (Wildman–Crippen MR) is 632 cm³/mol. The van der Waals surface area contributed by atoms with Crippen LogP contribution in [-0.4, -0.2) is 370 Å². The molecule has 0 aliphatic heterocycles. The summed E-state index contributed by atoms with van der Waals surface area (Å²) >= 11 is 0. The molecule has 0 saturated heterocycles. The number of aliphatic hydroxyl groups is 5. The van der Waals surface area contributed by atoms with Crippen molar-refractivity contribution in [2.75, 3.05) is 176 Å². The molecule has 0 bridgehead atoms. The Balaban J connectivity index is -0.000000236. The Morgan fingerprint density at radius 2 is 0.341 bits per heavy atom. The first-order valence-electron chi connectivity index (χ1n) is 49.2. The van der Waals surface area contributed by atoms with E-state index in [2.05, 4.69) is 240 Å². The summed E-state index contributed by atoms with van der Waals surface area (Å²) < 4.78 is 129. The van der Waals surface area contributed by atoms with Crippen molar-refractivity contribution in [1.29, 1.82) is 0 Å². The van der Waals surface area contributed by atoms with Gasteiger partial charge in [0.25, 0.3) is 0 Å². The van der Waals surface area contributed by atoms with Crippen molar-refractivity contribution < 1.29 is 127 Å². The predicted octanol–water partition coefficient (Wildman–Crippen LogP) is 20.3. The van der Waals surface area contributed by atoms with E-state index in [9.17, 15) is 25.5 Å². The largest absolute Gasteiger partial charge is 0.528 e. The highest BCUT2D eigenvalue weighted by molar-refractivity contribution is 6.94. The zero-order valence-electron chi connectivity index (χ0n) is 97.6. The third-order valence-electron chi connectivity index (χ3n) is 21.9. The van der Waals surface area contributed by atoms with Gasteiger partial charge in [0.15, 0.2) is 41.3 Å². The van der Waals surface area contributed by atoms with Crippen LogP contribution < -0.4 is 0 Å². The van der Waals surface area contributed by atoms with E-state index in [1.807, 2.05) is 128 Å². The van der Waals surface area contributed by atoms with Crippen molar-refractivity contribution in [3.63, 3.8) is 0 Å². The van der Waals surface area contributed by atoms with Crippen molar-refractivity contribution in [1.82, 2.24) is 0 Å². The molecule has 0 aliphatic rings. The summed E-state index contributed by atoms with van der Waals surface area (Å²) in [4.78, 5) is 0. The fourth-order valence-corrected chi connectivity index (χ4v) is 65.7. The molecule has 0 spiro atoms. The molecular formula is C90H216O28Si20. The summed E-state index contributed by atoms with van der Waals surface area (Å²) in [7, 11) is -18.2. The van der Waals surface area contributed by atoms with Gasteiger partial charge < -0.3 is 127 Å². The molecule has 0 aromatic rings. The van der Waals surface area contributed by atoms with Gasteiger partial charge in [0.05, 0.1) is 48.4 Å². The van der Waals surface area contributed by atoms with Crippen LogP contribution in [0.3, 0.4) is 0 Å². The number of hydrogen-bond acceptors (Lipinski definition) is 28. The molecule has 28 nitrogen and oxygen atoms in total. The second-order valence-electron chi connectivity index (χ2n) is 40.3. The lowest BCUT2D eigenvalue weighted by Gasteiger charge is -2.31. The molecule has 0 amide bonds. The number of rotatable bonds is 64. The third-order valence-corrected chi connectivity index (χ3v) is 77.0. The van der Waals surface area contributed by atoms with Gasteiger partial charge in [-0.25, -0.2) is 0 Å². The van der Waals surface area contributed by atoms with Crippen LogP contribution in [0.2, 0.25) is 193 Å². The molecule has 0 rings (SSSR count). The van der Waals surface area contributed by atoms with E-state index in [-0.39, 0.29) is 31.2 Å². The van der Waals surface area contributed by atoms with Gasteiger partial charge in [0.1, 0.15) is 8.07 Å². The highest BCUT2D eigenvalue weighted by Crippen LogP contribution is 2.28. The third kappa shape index (κ3) is 72.1. The summed E-state index contributed by atoms with van der Waals surface area (Å²) in [6, 6.07) is 7.59. The van der Waals surface area contributed by atoms with Crippen LogP contribution in [0, 0.1) is 0 Å². The summed E-state index contributed by atoms with van der Waals surface area (Å²) in [6.07, 6.45) is -0.463. The second kappa shape index (κ2) is 77.0. The van der Waals surface area contributed by atoms with Gasteiger partial charge in [-0.1, -0.05) is 243 Å². The monoisotopic (exact) mass is 2310 g/mol. The van der Waals surface area contributed by atoms with Crippen molar-refractivity contribution >= 4 is 168 Å².